The number of allylic oxidation sites excluding steroid dienone is 11. The highest BCUT2D eigenvalue weighted by Crippen LogP contribution is 2.41. The molecule has 0 radical (unpaired) electrons. The molecule has 0 saturated carbocycles. The van der Waals surface area contributed by atoms with Gasteiger partial charge in [-0.3, -0.25) is 0 Å². The van der Waals surface area contributed by atoms with Gasteiger partial charge >= 0.3 is 0 Å². The van der Waals surface area contributed by atoms with E-state index in [-0.39, 0.29) is 11.8 Å². The van der Waals surface area contributed by atoms with Gasteiger partial charge in [0.1, 0.15) is 0 Å². The molecule has 8 rings (SSSR count). The van der Waals surface area contributed by atoms with Gasteiger partial charge in [-0.25, -0.2) is 0 Å². The minimum Gasteiger partial charge on any atom is -0.420 e. The van der Waals surface area contributed by atoms with E-state index in [1.54, 1.807) is 6.08 Å². The molecular weight excluding hydrogens is 671 g/mol. The fraction of sp³-hybridized carbons (Fsp3) is 0.0980. The fourth-order valence-electron chi connectivity index (χ4n) is 7.63. The molecule has 0 N–H and O–H groups in total. The van der Waals surface area contributed by atoms with Crippen molar-refractivity contribution in [3.63, 3.8) is 0 Å². The molecule has 0 spiro atoms. The SMILES string of the molecule is C=CC=C(C=C)N(c1ccccc1)c1ccc(-c2cc(CCC)ccc2-c2ccccc2-c2ccc(-c3nnc(C4C=CC=C5C=CC=CC54)o3)cc2)cc1. The Bertz CT molecular complexity index is 2480. The highest BCUT2D eigenvalue weighted by molar-refractivity contribution is 5.92. The highest BCUT2D eigenvalue weighted by atomic mass is 16.4. The first kappa shape index (κ1) is 35.3. The van der Waals surface area contributed by atoms with Gasteiger partial charge in [-0.15, -0.1) is 10.2 Å². The summed E-state index contributed by atoms with van der Waals surface area (Å²) in [7, 11) is 0. The lowest BCUT2D eigenvalue weighted by Gasteiger charge is -2.26. The molecule has 0 amide bonds. The summed E-state index contributed by atoms with van der Waals surface area (Å²) in [5, 5.41) is 8.95. The number of hydrogen-bond acceptors (Lipinski definition) is 4. The molecule has 1 heterocycles. The van der Waals surface area contributed by atoms with Crippen molar-refractivity contribution < 1.29 is 4.42 Å². The Labute approximate surface area is 324 Å². The van der Waals surface area contributed by atoms with E-state index >= 15 is 0 Å². The largest absolute Gasteiger partial charge is 0.420 e. The lowest BCUT2D eigenvalue weighted by molar-refractivity contribution is 0.455. The fourth-order valence-corrected chi connectivity index (χ4v) is 7.63. The maximum absolute atomic E-state index is 6.30. The first-order chi connectivity index (χ1) is 27.1. The van der Waals surface area contributed by atoms with Crippen LogP contribution < -0.4 is 4.90 Å². The predicted molar refractivity (Wildman–Crippen MR) is 229 cm³/mol. The van der Waals surface area contributed by atoms with E-state index in [0.29, 0.717) is 11.8 Å². The van der Waals surface area contributed by atoms with E-state index < -0.39 is 0 Å². The summed E-state index contributed by atoms with van der Waals surface area (Å²) in [6.07, 6.45) is 22.6. The zero-order chi connectivity index (χ0) is 37.6. The van der Waals surface area contributed by atoms with Gasteiger partial charge in [-0.2, -0.15) is 0 Å². The molecule has 4 nitrogen and oxygen atoms in total. The maximum atomic E-state index is 6.30. The number of aromatic nitrogens is 2. The highest BCUT2D eigenvalue weighted by Gasteiger charge is 2.29. The van der Waals surface area contributed by atoms with Gasteiger partial charge in [0.05, 0.1) is 5.92 Å². The van der Waals surface area contributed by atoms with Crippen molar-refractivity contribution >= 4 is 11.4 Å². The van der Waals surface area contributed by atoms with Crippen molar-refractivity contribution in [2.24, 2.45) is 5.92 Å². The lowest BCUT2D eigenvalue weighted by atomic mass is 9.80. The minimum absolute atomic E-state index is 0.0178. The summed E-state index contributed by atoms with van der Waals surface area (Å²) < 4.78 is 6.30. The van der Waals surface area contributed by atoms with E-state index in [4.69, 9.17) is 4.42 Å². The average molecular weight is 714 g/mol. The molecule has 2 aliphatic carbocycles. The number of hydrogen-bond donors (Lipinski definition) is 0. The van der Waals surface area contributed by atoms with Gasteiger partial charge in [0, 0.05) is 28.6 Å². The second-order valence-electron chi connectivity index (χ2n) is 13.8. The number of benzene rings is 5. The molecule has 4 heteroatoms. The predicted octanol–water partition coefficient (Wildman–Crippen LogP) is 13.4. The van der Waals surface area contributed by atoms with E-state index in [0.717, 1.165) is 52.2 Å². The summed E-state index contributed by atoms with van der Waals surface area (Å²) in [5.74, 6) is 1.38. The smallest absolute Gasteiger partial charge is 0.247 e. The molecule has 2 aliphatic rings. The molecular formula is C51H43N3O. The quantitative estimate of drug-likeness (QED) is 0.118. The molecule has 5 aromatic carbocycles. The van der Waals surface area contributed by atoms with Crippen LogP contribution in [0.4, 0.5) is 11.4 Å². The summed E-state index contributed by atoms with van der Waals surface area (Å²) in [6.45, 7) is 10.3. The van der Waals surface area contributed by atoms with Crippen molar-refractivity contribution in [1.82, 2.24) is 10.2 Å². The van der Waals surface area contributed by atoms with Crippen LogP contribution in [0.15, 0.2) is 211 Å². The number of fused-ring (bicyclic) bond motifs is 1. The molecule has 1 aromatic heterocycles. The van der Waals surface area contributed by atoms with E-state index in [2.05, 4.69) is 193 Å². The van der Waals surface area contributed by atoms with E-state index in [1.165, 1.54) is 27.8 Å². The zero-order valence-corrected chi connectivity index (χ0v) is 31.1. The molecule has 0 saturated heterocycles. The second kappa shape index (κ2) is 16.1. The molecule has 2 atom stereocenters. The molecule has 0 bridgehead atoms. The van der Waals surface area contributed by atoms with Crippen LogP contribution in [0.2, 0.25) is 0 Å². The van der Waals surface area contributed by atoms with Gasteiger partial charge < -0.3 is 9.32 Å². The average Bonchev–Trinajstić information content (AvgIpc) is 3.74. The van der Waals surface area contributed by atoms with Crippen molar-refractivity contribution in [2.45, 2.75) is 25.7 Å². The Balaban J connectivity index is 1.12. The van der Waals surface area contributed by atoms with Crippen molar-refractivity contribution in [2.75, 3.05) is 4.90 Å². The number of nitrogens with zero attached hydrogens (tertiary/aromatic N) is 3. The van der Waals surface area contributed by atoms with Crippen LogP contribution in [-0.2, 0) is 6.42 Å². The van der Waals surface area contributed by atoms with Crippen molar-refractivity contribution in [3.8, 4) is 44.8 Å². The maximum Gasteiger partial charge on any atom is 0.247 e. The van der Waals surface area contributed by atoms with Crippen molar-refractivity contribution in [1.29, 1.82) is 0 Å². The van der Waals surface area contributed by atoms with Crippen LogP contribution in [0.5, 0.6) is 0 Å². The standard InChI is InChI=1S/C51H43N3O/c1-4-15-36-25-34-47(49(35-36)39-30-32-43(33-31-39)54(41(6-3)16-5-2)42-19-8-7-9-20-42)46-23-13-12-21-44(46)38-26-28-40(29-27-38)50-52-53-51(55-50)48-24-14-18-37-17-10-11-22-45(37)48/h5-14,16-35,45,48H,2-4,15H2,1H3. The third-order valence-electron chi connectivity index (χ3n) is 10.3. The number of para-hydroxylation sites is 1. The molecule has 0 aliphatic heterocycles. The number of anilines is 2. The summed E-state index contributed by atoms with van der Waals surface area (Å²) in [5.41, 5.74) is 13.5. The Hall–Kier alpha value is -6.78. The normalized spacial score (nSPS) is 16.0. The Morgan fingerprint density at radius 3 is 2.11 bits per heavy atom. The van der Waals surface area contributed by atoms with Gasteiger partial charge in [-0.05, 0) is 99.5 Å². The van der Waals surface area contributed by atoms with E-state index in [9.17, 15) is 0 Å². The monoisotopic (exact) mass is 713 g/mol. The first-order valence-electron chi connectivity index (χ1n) is 19.0. The van der Waals surface area contributed by atoms with Gasteiger partial charge in [0.2, 0.25) is 11.8 Å². The number of rotatable bonds is 12. The Morgan fingerprint density at radius 2 is 1.35 bits per heavy atom. The Kier molecular flexibility index (Phi) is 10.3. The lowest BCUT2D eigenvalue weighted by Crippen LogP contribution is -2.15. The Morgan fingerprint density at radius 1 is 0.673 bits per heavy atom. The molecule has 2 unspecified atom stereocenters. The van der Waals surface area contributed by atoms with Crippen LogP contribution in [0.1, 0.15) is 30.7 Å². The molecule has 55 heavy (non-hydrogen) atoms. The van der Waals surface area contributed by atoms with Crippen LogP contribution >= 0.6 is 0 Å². The van der Waals surface area contributed by atoms with Crippen LogP contribution in [0.3, 0.4) is 0 Å². The topological polar surface area (TPSA) is 42.2 Å². The molecule has 268 valence electrons. The summed E-state index contributed by atoms with van der Waals surface area (Å²) in [6, 6.07) is 43.2. The van der Waals surface area contributed by atoms with Crippen LogP contribution in [0, 0.1) is 5.92 Å². The van der Waals surface area contributed by atoms with Gasteiger partial charge in [0.15, 0.2) is 0 Å². The third kappa shape index (κ3) is 7.27. The zero-order valence-electron chi connectivity index (χ0n) is 31.1. The van der Waals surface area contributed by atoms with Crippen LogP contribution in [-0.4, -0.2) is 10.2 Å². The van der Waals surface area contributed by atoms with Gasteiger partial charge in [0.25, 0.3) is 0 Å². The van der Waals surface area contributed by atoms with Crippen molar-refractivity contribution in [3.05, 3.63) is 218 Å². The molecule has 6 aromatic rings. The number of aryl methyl sites for hydroxylation is 1. The first-order valence-corrected chi connectivity index (χ1v) is 19.0. The third-order valence-corrected chi connectivity index (χ3v) is 10.3. The second-order valence-corrected chi connectivity index (χ2v) is 13.8. The summed E-state index contributed by atoms with van der Waals surface area (Å²) >= 11 is 0. The summed E-state index contributed by atoms with van der Waals surface area (Å²) in [4.78, 5) is 2.20. The molecule has 0 fully saturated rings. The van der Waals surface area contributed by atoms with E-state index in [1.807, 2.05) is 18.2 Å². The minimum atomic E-state index is 0.0178. The van der Waals surface area contributed by atoms with Gasteiger partial charge in [-0.1, -0.05) is 160 Å². The van der Waals surface area contributed by atoms with Crippen LogP contribution in [0.25, 0.3) is 44.8 Å².